The summed E-state index contributed by atoms with van der Waals surface area (Å²) in [5.41, 5.74) is 2.56. The minimum Gasteiger partial charge on any atom is -0.345 e. The van der Waals surface area contributed by atoms with Gasteiger partial charge >= 0.3 is 0 Å². The molecule has 2 aromatic carbocycles. The molecule has 32 heavy (non-hydrogen) atoms. The number of hydrogen-bond acceptors (Lipinski definition) is 7. The van der Waals surface area contributed by atoms with Crippen molar-refractivity contribution >= 4 is 50.3 Å². The van der Waals surface area contributed by atoms with Crippen molar-refractivity contribution in [1.29, 1.82) is 0 Å². The van der Waals surface area contributed by atoms with E-state index in [2.05, 4.69) is 25.8 Å². The third-order valence-electron chi connectivity index (χ3n) is 4.70. The summed E-state index contributed by atoms with van der Waals surface area (Å²) in [5.74, 6) is 0.500. The lowest BCUT2D eigenvalue weighted by molar-refractivity contribution is -0.113. The molecule has 4 aromatic rings. The van der Waals surface area contributed by atoms with Crippen molar-refractivity contribution in [1.82, 2.24) is 25.1 Å². The molecule has 0 bridgehead atoms. The van der Waals surface area contributed by atoms with Crippen molar-refractivity contribution in [2.75, 3.05) is 11.1 Å². The molecule has 0 unspecified atom stereocenters. The Hall–Kier alpha value is -3.24. The van der Waals surface area contributed by atoms with Gasteiger partial charge in [0.15, 0.2) is 16.1 Å². The number of nitrogens with zero attached hydrogens (tertiary/aromatic N) is 4. The molecule has 0 spiro atoms. The minimum absolute atomic E-state index is 0.158. The second-order valence-electron chi connectivity index (χ2n) is 7.02. The van der Waals surface area contributed by atoms with Crippen LogP contribution in [-0.2, 0) is 17.9 Å². The van der Waals surface area contributed by atoms with Crippen LogP contribution in [0.2, 0.25) is 0 Å². The van der Waals surface area contributed by atoms with Gasteiger partial charge in [0.1, 0.15) is 0 Å². The Morgan fingerprint density at radius 2 is 1.88 bits per heavy atom. The summed E-state index contributed by atoms with van der Waals surface area (Å²) in [4.78, 5) is 29.2. The average Bonchev–Trinajstić information content (AvgIpc) is 3.39. The van der Waals surface area contributed by atoms with Gasteiger partial charge in [-0.05, 0) is 38.1 Å². The zero-order valence-electron chi connectivity index (χ0n) is 17.7. The van der Waals surface area contributed by atoms with Gasteiger partial charge in [-0.3, -0.25) is 9.59 Å². The quantitative estimate of drug-likeness (QED) is 0.382. The number of carbonyl (C=O) groups is 2. The van der Waals surface area contributed by atoms with Gasteiger partial charge in [-0.25, -0.2) is 4.98 Å². The first-order valence-corrected chi connectivity index (χ1v) is 11.9. The van der Waals surface area contributed by atoms with Crippen molar-refractivity contribution in [3.8, 4) is 0 Å². The van der Waals surface area contributed by atoms with Gasteiger partial charge in [0, 0.05) is 12.1 Å². The van der Waals surface area contributed by atoms with Crippen molar-refractivity contribution in [3.05, 3.63) is 65.5 Å². The number of benzene rings is 2. The maximum atomic E-state index is 12.4. The Kier molecular flexibility index (Phi) is 6.81. The molecule has 0 fully saturated rings. The van der Waals surface area contributed by atoms with Crippen LogP contribution in [0.15, 0.2) is 53.7 Å². The first kappa shape index (κ1) is 22.0. The highest BCUT2D eigenvalue weighted by Crippen LogP contribution is 2.26. The monoisotopic (exact) mass is 466 g/mol. The number of carbonyl (C=O) groups excluding carboxylic acids is 2. The molecule has 2 heterocycles. The van der Waals surface area contributed by atoms with Crippen molar-refractivity contribution in [2.24, 2.45) is 0 Å². The summed E-state index contributed by atoms with van der Waals surface area (Å²) in [6, 6.07) is 15.1. The number of anilines is 1. The predicted octanol–water partition coefficient (Wildman–Crippen LogP) is 3.88. The molecule has 0 aliphatic heterocycles. The van der Waals surface area contributed by atoms with E-state index in [-0.39, 0.29) is 24.1 Å². The number of aromatic nitrogens is 4. The number of rotatable bonds is 8. The van der Waals surface area contributed by atoms with Crippen LogP contribution in [0, 0.1) is 6.92 Å². The van der Waals surface area contributed by atoms with Gasteiger partial charge in [0.25, 0.3) is 5.91 Å². The summed E-state index contributed by atoms with van der Waals surface area (Å²) in [5, 5.41) is 15.3. The van der Waals surface area contributed by atoms with E-state index in [0.717, 1.165) is 15.8 Å². The molecule has 2 aromatic heterocycles. The van der Waals surface area contributed by atoms with Crippen molar-refractivity contribution < 1.29 is 9.59 Å². The molecular weight excluding hydrogens is 444 g/mol. The Morgan fingerprint density at radius 3 is 2.62 bits per heavy atom. The van der Waals surface area contributed by atoms with Crippen LogP contribution in [0.3, 0.4) is 0 Å². The fourth-order valence-electron chi connectivity index (χ4n) is 3.05. The molecule has 10 heteroatoms. The molecule has 0 atom stereocenters. The number of hydrogen-bond donors (Lipinski definition) is 2. The Balaban J connectivity index is 1.33. The zero-order valence-corrected chi connectivity index (χ0v) is 19.3. The largest absolute Gasteiger partial charge is 0.345 e. The lowest BCUT2D eigenvalue weighted by Gasteiger charge is -2.08. The van der Waals surface area contributed by atoms with E-state index in [9.17, 15) is 9.59 Å². The number of para-hydroxylation sites is 1. The second-order valence-corrected chi connectivity index (χ2v) is 8.99. The first-order valence-electron chi connectivity index (χ1n) is 10.1. The Labute approximate surface area is 193 Å². The molecule has 0 aliphatic carbocycles. The van der Waals surface area contributed by atoms with Gasteiger partial charge in [-0.2, -0.15) is 0 Å². The third-order valence-corrected chi connectivity index (χ3v) is 6.62. The predicted molar refractivity (Wildman–Crippen MR) is 127 cm³/mol. The van der Waals surface area contributed by atoms with Gasteiger partial charge in [-0.1, -0.05) is 52.9 Å². The van der Waals surface area contributed by atoms with E-state index in [1.807, 2.05) is 54.8 Å². The van der Waals surface area contributed by atoms with E-state index in [0.29, 0.717) is 28.2 Å². The van der Waals surface area contributed by atoms with Gasteiger partial charge in [-0.15, -0.1) is 10.2 Å². The van der Waals surface area contributed by atoms with Crippen molar-refractivity contribution in [3.63, 3.8) is 0 Å². The summed E-state index contributed by atoms with van der Waals surface area (Å²) in [6.45, 7) is 4.83. The Bertz CT molecular complexity index is 1220. The molecule has 0 saturated carbocycles. The van der Waals surface area contributed by atoms with E-state index in [1.54, 1.807) is 12.1 Å². The van der Waals surface area contributed by atoms with Crippen molar-refractivity contribution in [2.45, 2.75) is 32.1 Å². The highest BCUT2D eigenvalue weighted by molar-refractivity contribution is 7.99. The summed E-state index contributed by atoms with van der Waals surface area (Å²) in [6.07, 6.45) is 0. The highest BCUT2D eigenvalue weighted by atomic mass is 32.2. The smallest absolute Gasteiger partial charge is 0.251 e. The van der Waals surface area contributed by atoms with Gasteiger partial charge in [0.05, 0.1) is 22.5 Å². The van der Waals surface area contributed by atoms with E-state index in [1.165, 1.54) is 23.1 Å². The number of nitrogens with one attached hydrogen (secondary N) is 2. The first-order chi connectivity index (χ1) is 15.5. The topological polar surface area (TPSA) is 102 Å². The van der Waals surface area contributed by atoms with Gasteiger partial charge < -0.3 is 15.2 Å². The average molecular weight is 467 g/mol. The van der Waals surface area contributed by atoms with Crippen LogP contribution in [-0.4, -0.2) is 37.3 Å². The number of fused-ring (bicyclic) bond motifs is 1. The van der Waals surface area contributed by atoms with Crippen LogP contribution in [0.5, 0.6) is 0 Å². The molecule has 0 radical (unpaired) electrons. The normalized spacial score (nSPS) is 10.9. The Morgan fingerprint density at radius 1 is 1.09 bits per heavy atom. The van der Waals surface area contributed by atoms with Crippen LogP contribution < -0.4 is 10.6 Å². The number of thiazole rings is 1. The molecule has 0 aliphatic rings. The SMILES string of the molecule is CCn1c(CNC(=O)c2ccc(C)cc2)nnc1SCC(=O)Nc1nc2ccccc2s1. The fourth-order valence-corrected chi connectivity index (χ4v) is 4.75. The maximum Gasteiger partial charge on any atom is 0.251 e. The standard InChI is InChI=1S/C22H22N6O2S2/c1-3-28-18(12-23-20(30)15-10-8-14(2)9-11-15)26-27-22(28)31-13-19(29)25-21-24-16-6-4-5-7-17(16)32-21/h4-11H,3,12-13H2,1-2H3,(H,23,30)(H,24,25,29). The molecule has 4 rings (SSSR count). The lowest BCUT2D eigenvalue weighted by Crippen LogP contribution is -2.24. The molecule has 8 nitrogen and oxygen atoms in total. The maximum absolute atomic E-state index is 12.4. The fraction of sp³-hybridized carbons (Fsp3) is 0.227. The van der Waals surface area contributed by atoms with Crippen LogP contribution in [0.4, 0.5) is 5.13 Å². The van der Waals surface area contributed by atoms with E-state index < -0.39 is 0 Å². The summed E-state index contributed by atoms with van der Waals surface area (Å²) >= 11 is 2.74. The van der Waals surface area contributed by atoms with E-state index >= 15 is 0 Å². The van der Waals surface area contributed by atoms with Gasteiger partial charge in [0.2, 0.25) is 5.91 Å². The lowest BCUT2D eigenvalue weighted by atomic mass is 10.1. The number of aryl methyl sites for hydroxylation is 1. The molecular formula is C22H22N6O2S2. The van der Waals surface area contributed by atoms with Crippen LogP contribution >= 0.6 is 23.1 Å². The zero-order chi connectivity index (χ0) is 22.5. The molecule has 2 N–H and O–H groups in total. The molecule has 164 valence electrons. The number of amides is 2. The second kappa shape index (κ2) is 9.92. The highest BCUT2D eigenvalue weighted by Gasteiger charge is 2.15. The van der Waals surface area contributed by atoms with Crippen LogP contribution in [0.1, 0.15) is 28.7 Å². The molecule has 0 saturated heterocycles. The summed E-state index contributed by atoms with van der Waals surface area (Å²) < 4.78 is 2.92. The van der Waals surface area contributed by atoms with Crippen LogP contribution in [0.25, 0.3) is 10.2 Å². The third kappa shape index (κ3) is 5.14. The minimum atomic E-state index is -0.167. The summed E-state index contributed by atoms with van der Waals surface area (Å²) in [7, 11) is 0. The van der Waals surface area contributed by atoms with E-state index in [4.69, 9.17) is 0 Å². The number of thioether (sulfide) groups is 1. The molecule has 2 amide bonds.